The molecule has 2 nitrogen and oxygen atoms in total. The molecular formula is C8H10BrNO. The maximum Gasteiger partial charge on any atom is 0.117 e. The number of benzene rings is 1. The quantitative estimate of drug-likeness (QED) is 0.559. The molecule has 3 heteroatoms. The Morgan fingerprint density at radius 3 is 2.64 bits per heavy atom. The molecule has 1 aromatic carbocycles. The number of nitrogen functional groups attached to an aromatic ring is 1. The fraction of sp³-hybridized carbons (Fsp3) is 0.250. The van der Waals surface area contributed by atoms with E-state index in [0.717, 1.165) is 5.56 Å². The first-order valence-electron chi connectivity index (χ1n) is 3.33. The Labute approximate surface area is 74.2 Å². The molecule has 0 saturated carbocycles. The van der Waals surface area contributed by atoms with Gasteiger partial charge < -0.3 is 10.8 Å². The van der Waals surface area contributed by atoms with E-state index in [4.69, 9.17) is 10.8 Å². The van der Waals surface area contributed by atoms with Gasteiger partial charge in [-0.3, -0.25) is 0 Å². The van der Waals surface area contributed by atoms with Crippen molar-refractivity contribution in [3.05, 3.63) is 23.8 Å². The van der Waals surface area contributed by atoms with E-state index in [1.54, 1.807) is 12.1 Å². The van der Waals surface area contributed by atoms with Gasteiger partial charge in [0.05, 0.1) is 0 Å². The van der Waals surface area contributed by atoms with E-state index < -0.39 is 0 Å². The van der Waals surface area contributed by atoms with Crippen molar-refractivity contribution in [1.29, 1.82) is 0 Å². The van der Waals surface area contributed by atoms with E-state index in [0.29, 0.717) is 5.69 Å². The van der Waals surface area contributed by atoms with E-state index in [-0.39, 0.29) is 10.6 Å². The lowest BCUT2D eigenvalue weighted by Crippen LogP contribution is -1.93. The lowest BCUT2D eigenvalue weighted by Gasteiger charge is -2.07. The van der Waals surface area contributed by atoms with Gasteiger partial charge in [0.1, 0.15) is 5.75 Å². The van der Waals surface area contributed by atoms with E-state index in [9.17, 15) is 0 Å². The van der Waals surface area contributed by atoms with Gasteiger partial charge in [0.25, 0.3) is 0 Å². The van der Waals surface area contributed by atoms with Crippen LogP contribution in [-0.2, 0) is 0 Å². The first kappa shape index (κ1) is 8.40. The summed E-state index contributed by atoms with van der Waals surface area (Å²) < 4.78 is 0. The second-order valence-corrected chi connectivity index (χ2v) is 3.80. The molecule has 1 aromatic rings. The van der Waals surface area contributed by atoms with Crippen LogP contribution in [0.1, 0.15) is 17.3 Å². The Balaban J connectivity index is 3.09. The van der Waals surface area contributed by atoms with Crippen molar-refractivity contribution >= 4 is 21.6 Å². The zero-order valence-electron chi connectivity index (χ0n) is 6.21. The van der Waals surface area contributed by atoms with Crippen molar-refractivity contribution in [3.63, 3.8) is 0 Å². The molecule has 0 amide bonds. The van der Waals surface area contributed by atoms with Gasteiger partial charge in [-0.05, 0) is 18.6 Å². The number of hydrogen-bond donors (Lipinski definition) is 2. The molecule has 0 saturated heterocycles. The first-order chi connectivity index (χ1) is 5.11. The molecule has 0 aliphatic carbocycles. The minimum Gasteiger partial charge on any atom is -0.508 e. The second kappa shape index (κ2) is 3.13. The molecule has 0 bridgehead atoms. The lowest BCUT2D eigenvalue weighted by atomic mass is 10.1. The van der Waals surface area contributed by atoms with Crippen LogP contribution in [0.3, 0.4) is 0 Å². The van der Waals surface area contributed by atoms with Crippen LogP contribution < -0.4 is 5.73 Å². The maximum absolute atomic E-state index is 9.02. The monoisotopic (exact) mass is 215 g/mol. The van der Waals surface area contributed by atoms with Crippen molar-refractivity contribution in [3.8, 4) is 5.75 Å². The van der Waals surface area contributed by atoms with Crippen molar-refractivity contribution < 1.29 is 5.11 Å². The van der Waals surface area contributed by atoms with Crippen molar-refractivity contribution in [2.45, 2.75) is 11.8 Å². The molecule has 0 spiro atoms. The maximum atomic E-state index is 9.02. The largest absolute Gasteiger partial charge is 0.508 e. The molecule has 1 atom stereocenters. The number of anilines is 1. The predicted molar refractivity (Wildman–Crippen MR) is 49.9 cm³/mol. The highest BCUT2D eigenvalue weighted by Gasteiger charge is 2.04. The van der Waals surface area contributed by atoms with Gasteiger partial charge in [0.15, 0.2) is 0 Å². The highest BCUT2D eigenvalue weighted by molar-refractivity contribution is 9.09. The normalized spacial score (nSPS) is 12.9. The summed E-state index contributed by atoms with van der Waals surface area (Å²) in [5, 5.41) is 9.02. The van der Waals surface area contributed by atoms with E-state index in [2.05, 4.69) is 15.9 Å². The van der Waals surface area contributed by atoms with Gasteiger partial charge in [0.2, 0.25) is 0 Å². The Kier molecular flexibility index (Phi) is 2.39. The highest BCUT2D eigenvalue weighted by Crippen LogP contribution is 2.29. The summed E-state index contributed by atoms with van der Waals surface area (Å²) in [5.74, 6) is 0.208. The summed E-state index contributed by atoms with van der Waals surface area (Å²) in [7, 11) is 0. The van der Waals surface area contributed by atoms with Crippen molar-refractivity contribution in [1.82, 2.24) is 0 Å². The topological polar surface area (TPSA) is 46.2 Å². The minimum atomic E-state index is 0.208. The van der Waals surface area contributed by atoms with Gasteiger partial charge >= 0.3 is 0 Å². The average Bonchev–Trinajstić information content (AvgIpc) is 1.85. The molecule has 0 aliphatic rings. The molecule has 11 heavy (non-hydrogen) atoms. The van der Waals surface area contributed by atoms with Crippen LogP contribution in [0.5, 0.6) is 5.75 Å². The van der Waals surface area contributed by atoms with Crippen LogP contribution in [0.2, 0.25) is 0 Å². The molecule has 3 N–H and O–H groups in total. The summed E-state index contributed by atoms with van der Waals surface area (Å²) in [6.45, 7) is 1.99. The first-order valence-corrected chi connectivity index (χ1v) is 4.25. The third-order valence-electron chi connectivity index (χ3n) is 1.50. The third kappa shape index (κ3) is 1.87. The molecule has 0 heterocycles. The van der Waals surface area contributed by atoms with Crippen LogP contribution in [0.4, 0.5) is 5.69 Å². The van der Waals surface area contributed by atoms with Crippen molar-refractivity contribution in [2.24, 2.45) is 0 Å². The molecule has 0 fully saturated rings. The number of nitrogens with two attached hydrogens (primary N) is 1. The second-order valence-electron chi connectivity index (χ2n) is 2.43. The predicted octanol–water partition coefficient (Wildman–Crippen LogP) is 2.43. The van der Waals surface area contributed by atoms with Gasteiger partial charge in [-0.2, -0.15) is 0 Å². The van der Waals surface area contributed by atoms with Crippen LogP contribution in [-0.4, -0.2) is 5.11 Å². The molecule has 1 rings (SSSR count). The molecule has 1 unspecified atom stereocenters. The SMILES string of the molecule is CC(Br)c1ccc(O)cc1N. The molecule has 60 valence electrons. The summed E-state index contributed by atoms with van der Waals surface area (Å²) >= 11 is 3.40. The summed E-state index contributed by atoms with van der Waals surface area (Å²) in [6, 6.07) is 4.99. The number of rotatable bonds is 1. The smallest absolute Gasteiger partial charge is 0.117 e. The number of alkyl halides is 1. The van der Waals surface area contributed by atoms with Crippen LogP contribution in [0.15, 0.2) is 18.2 Å². The number of halogens is 1. The van der Waals surface area contributed by atoms with Crippen LogP contribution in [0.25, 0.3) is 0 Å². The van der Waals surface area contributed by atoms with E-state index in [1.165, 1.54) is 0 Å². The average molecular weight is 216 g/mol. The summed E-state index contributed by atoms with van der Waals surface area (Å²) in [4.78, 5) is 0.225. The zero-order valence-corrected chi connectivity index (χ0v) is 7.80. The molecule has 0 aliphatic heterocycles. The van der Waals surface area contributed by atoms with E-state index in [1.807, 2.05) is 13.0 Å². The summed E-state index contributed by atoms with van der Waals surface area (Å²) in [5.41, 5.74) is 7.25. The Morgan fingerprint density at radius 2 is 2.18 bits per heavy atom. The summed E-state index contributed by atoms with van der Waals surface area (Å²) in [6.07, 6.45) is 0. The van der Waals surface area contributed by atoms with Gasteiger partial charge in [-0.15, -0.1) is 0 Å². The minimum absolute atomic E-state index is 0.208. The molecule has 0 aromatic heterocycles. The Hall–Kier alpha value is -0.700. The van der Waals surface area contributed by atoms with Gasteiger partial charge in [0, 0.05) is 16.6 Å². The molecular weight excluding hydrogens is 206 g/mol. The number of aromatic hydroxyl groups is 1. The number of phenols is 1. The van der Waals surface area contributed by atoms with Crippen molar-refractivity contribution in [2.75, 3.05) is 5.73 Å². The lowest BCUT2D eigenvalue weighted by molar-refractivity contribution is 0.475. The van der Waals surface area contributed by atoms with Gasteiger partial charge in [-0.25, -0.2) is 0 Å². The Morgan fingerprint density at radius 1 is 1.55 bits per heavy atom. The number of hydrogen-bond acceptors (Lipinski definition) is 2. The Bertz CT molecular complexity index is 260. The van der Waals surface area contributed by atoms with Crippen LogP contribution in [0, 0.1) is 0 Å². The van der Waals surface area contributed by atoms with Crippen LogP contribution >= 0.6 is 15.9 Å². The highest BCUT2D eigenvalue weighted by atomic mass is 79.9. The van der Waals surface area contributed by atoms with E-state index >= 15 is 0 Å². The fourth-order valence-corrected chi connectivity index (χ4v) is 1.34. The van der Waals surface area contributed by atoms with Gasteiger partial charge in [-0.1, -0.05) is 22.0 Å². The number of phenolic OH excluding ortho intramolecular Hbond substituents is 1. The molecule has 0 radical (unpaired) electrons. The fourth-order valence-electron chi connectivity index (χ4n) is 0.924. The third-order valence-corrected chi connectivity index (χ3v) is 1.99. The standard InChI is InChI=1S/C8H10BrNO/c1-5(9)7-3-2-6(11)4-8(7)10/h2-5,11H,10H2,1H3. The zero-order chi connectivity index (χ0) is 8.43.